The predicted octanol–water partition coefficient (Wildman–Crippen LogP) is 3.87. The van der Waals surface area contributed by atoms with Crippen LogP contribution in [0.25, 0.3) is 5.65 Å². The van der Waals surface area contributed by atoms with E-state index in [0.717, 1.165) is 17.0 Å². The number of thiophene rings is 1. The number of esters is 2. The molecule has 0 aromatic carbocycles. The maximum Gasteiger partial charge on any atom is 0.348 e. The van der Waals surface area contributed by atoms with Crippen molar-refractivity contribution in [3.63, 3.8) is 0 Å². The first-order valence-corrected chi connectivity index (χ1v) is 10.8. The lowest BCUT2D eigenvalue weighted by Crippen LogP contribution is -2.16. The zero-order chi connectivity index (χ0) is 22.5. The van der Waals surface area contributed by atoms with Gasteiger partial charge in [0.1, 0.15) is 15.5 Å². The number of nitrogens with one attached hydrogen (secondary N) is 1. The minimum Gasteiger partial charge on any atom is -0.462 e. The molecule has 3 heterocycles. The Morgan fingerprint density at radius 3 is 2.65 bits per heavy atom. The van der Waals surface area contributed by atoms with Crippen molar-refractivity contribution in [3.8, 4) is 0 Å². The fourth-order valence-electron chi connectivity index (χ4n) is 2.96. The number of rotatable bonds is 8. The van der Waals surface area contributed by atoms with Crippen molar-refractivity contribution < 1.29 is 23.9 Å². The number of ether oxygens (including phenoxy) is 2. The SMILES string of the molecule is CCOC(=O)c1c(NC(=O)Cc2cn3ccccc3n2)sc(C(=O)OCC(C)C)c1C. The highest BCUT2D eigenvalue weighted by molar-refractivity contribution is 7.18. The number of aromatic nitrogens is 2. The van der Waals surface area contributed by atoms with E-state index in [-0.39, 0.29) is 46.9 Å². The van der Waals surface area contributed by atoms with Gasteiger partial charge in [-0.1, -0.05) is 19.9 Å². The summed E-state index contributed by atoms with van der Waals surface area (Å²) >= 11 is 1.01. The third-order valence-corrected chi connectivity index (χ3v) is 5.56. The number of imidazole rings is 1. The quantitative estimate of drug-likeness (QED) is 0.531. The van der Waals surface area contributed by atoms with E-state index in [0.29, 0.717) is 11.3 Å². The summed E-state index contributed by atoms with van der Waals surface area (Å²) in [5.41, 5.74) is 1.93. The molecule has 0 unspecified atom stereocenters. The van der Waals surface area contributed by atoms with Gasteiger partial charge < -0.3 is 19.2 Å². The monoisotopic (exact) mass is 443 g/mol. The highest BCUT2D eigenvalue weighted by atomic mass is 32.1. The second-order valence-electron chi connectivity index (χ2n) is 7.40. The Balaban J connectivity index is 1.83. The van der Waals surface area contributed by atoms with Crippen molar-refractivity contribution in [1.82, 2.24) is 9.38 Å². The van der Waals surface area contributed by atoms with Crippen LogP contribution in [0.2, 0.25) is 0 Å². The van der Waals surface area contributed by atoms with Crippen LogP contribution < -0.4 is 5.32 Å². The van der Waals surface area contributed by atoms with Gasteiger partial charge in [0, 0.05) is 12.4 Å². The van der Waals surface area contributed by atoms with Crippen LogP contribution in [0.15, 0.2) is 30.6 Å². The van der Waals surface area contributed by atoms with Gasteiger partial charge in [-0.25, -0.2) is 14.6 Å². The molecule has 0 saturated carbocycles. The molecule has 3 aromatic heterocycles. The van der Waals surface area contributed by atoms with Crippen molar-refractivity contribution in [1.29, 1.82) is 0 Å². The van der Waals surface area contributed by atoms with Gasteiger partial charge in [-0.3, -0.25) is 4.79 Å². The van der Waals surface area contributed by atoms with Crippen LogP contribution in [0.1, 0.15) is 52.1 Å². The Morgan fingerprint density at radius 1 is 1.19 bits per heavy atom. The second-order valence-corrected chi connectivity index (χ2v) is 8.42. The van der Waals surface area contributed by atoms with E-state index >= 15 is 0 Å². The van der Waals surface area contributed by atoms with Crippen LogP contribution in [0.4, 0.5) is 5.00 Å². The zero-order valence-electron chi connectivity index (χ0n) is 17.9. The summed E-state index contributed by atoms with van der Waals surface area (Å²) in [7, 11) is 0. The van der Waals surface area contributed by atoms with Crippen LogP contribution in [0, 0.1) is 12.8 Å². The Hall–Kier alpha value is -3.20. The third kappa shape index (κ3) is 5.29. The van der Waals surface area contributed by atoms with Gasteiger partial charge >= 0.3 is 11.9 Å². The van der Waals surface area contributed by atoms with Crippen molar-refractivity contribution >= 4 is 39.8 Å². The maximum absolute atomic E-state index is 12.7. The lowest BCUT2D eigenvalue weighted by molar-refractivity contribution is -0.115. The molecular weight excluding hydrogens is 418 g/mol. The molecule has 8 nitrogen and oxygen atoms in total. The van der Waals surface area contributed by atoms with Gasteiger partial charge in [0.15, 0.2) is 0 Å². The minimum absolute atomic E-state index is 0.0218. The molecule has 0 aliphatic rings. The number of nitrogens with zero attached hydrogens (tertiary/aromatic N) is 2. The van der Waals surface area contributed by atoms with Gasteiger partial charge in [-0.2, -0.15) is 0 Å². The fourth-order valence-corrected chi connectivity index (χ4v) is 4.07. The summed E-state index contributed by atoms with van der Waals surface area (Å²) in [5.74, 6) is -1.29. The highest BCUT2D eigenvalue weighted by Gasteiger charge is 2.27. The molecule has 9 heteroatoms. The Labute approximate surface area is 184 Å². The van der Waals surface area contributed by atoms with Crippen molar-refractivity contribution in [2.45, 2.75) is 34.1 Å². The van der Waals surface area contributed by atoms with Gasteiger partial charge in [0.05, 0.1) is 30.9 Å². The lowest BCUT2D eigenvalue weighted by Gasteiger charge is -2.07. The van der Waals surface area contributed by atoms with Crippen LogP contribution in [-0.2, 0) is 20.7 Å². The van der Waals surface area contributed by atoms with E-state index in [2.05, 4.69) is 10.3 Å². The molecule has 0 radical (unpaired) electrons. The molecule has 1 N–H and O–H groups in total. The van der Waals surface area contributed by atoms with Crippen LogP contribution in [0.3, 0.4) is 0 Å². The van der Waals surface area contributed by atoms with Gasteiger partial charge in [-0.15, -0.1) is 11.3 Å². The summed E-state index contributed by atoms with van der Waals surface area (Å²) in [4.78, 5) is 42.4. The molecule has 0 atom stereocenters. The largest absolute Gasteiger partial charge is 0.462 e. The Morgan fingerprint density at radius 2 is 1.97 bits per heavy atom. The number of pyridine rings is 1. The predicted molar refractivity (Wildman–Crippen MR) is 118 cm³/mol. The number of carbonyl (C=O) groups excluding carboxylic acids is 3. The minimum atomic E-state index is -0.595. The Bertz CT molecular complexity index is 1080. The van der Waals surface area contributed by atoms with Crippen molar-refractivity contribution in [2.75, 3.05) is 18.5 Å². The molecule has 0 spiro atoms. The lowest BCUT2D eigenvalue weighted by atomic mass is 10.1. The first-order valence-electron chi connectivity index (χ1n) is 10.00. The van der Waals surface area contributed by atoms with Crippen molar-refractivity contribution in [2.24, 2.45) is 5.92 Å². The highest BCUT2D eigenvalue weighted by Crippen LogP contribution is 2.34. The number of fused-ring (bicyclic) bond motifs is 1. The van der Waals surface area contributed by atoms with E-state index in [1.807, 2.05) is 42.6 Å². The maximum atomic E-state index is 12.7. The number of hydrogen-bond donors (Lipinski definition) is 1. The molecule has 0 bridgehead atoms. The zero-order valence-corrected chi connectivity index (χ0v) is 18.7. The third-order valence-electron chi connectivity index (χ3n) is 4.37. The van der Waals surface area contributed by atoms with E-state index < -0.39 is 11.9 Å². The van der Waals surface area contributed by atoms with Crippen LogP contribution in [-0.4, -0.2) is 40.4 Å². The summed E-state index contributed by atoms with van der Waals surface area (Å²) in [6, 6.07) is 5.59. The summed E-state index contributed by atoms with van der Waals surface area (Å²) in [6.45, 7) is 7.65. The van der Waals surface area contributed by atoms with E-state index in [4.69, 9.17) is 9.47 Å². The number of anilines is 1. The smallest absolute Gasteiger partial charge is 0.348 e. The molecule has 31 heavy (non-hydrogen) atoms. The van der Waals surface area contributed by atoms with Gasteiger partial charge in [0.25, 0.3) is 0 Å². The fraction of sp³-hybridized carbons (Fsp3) is 0.364. The normalized spacial score (nSPS) is 11.0. The van der Waals surface area contributed by atoms with E-state index in [9.17, 15) is 14.4 Å². The second kappa shape index (κ2) is 9.74. The molecule has 0 aliphatic carbocycles. The molecule has 164 valence electrons. The van der Waals surface area contributed by atoms with E-state index in [1.165, 1.54) is 0 Å². The molecule has 0 saturated heterocycles. The number of hydrogen-bond acceptors (Lipinski definition) is 7. The van der Waals surface area contributed by atoms with Gasteiger partial charge in [0.2, 0.25) is 5.91 Å². The summed E-state index contributed by atoms with van der Waals surface area (Å²) in [5, 5.41) is 3.01. The molecule has 3 rings (SSSR count). The molecule has 3 aromatic rings. The molecule has 0 fully saturated rings. The Kier molecular flexibility index (Phi) is 7.06. The standard InChI is InChI=1S/C22H25N3O5S/c1-5-29-21(27)18-14(4)19(22(28)30-12-13(2)3)31-20(18)24-17(26)10-15-11-25-9-7-6-8-16(25)23-15/h6-9,11,13H,5,10,12H2,1-4H3,(H,24,26). The first-order chi connectivity index (χ1) is 14.8. The van der Waals surface area contributed by atoms with E-state index in [1.54, 1.807) is 20.0 Å². The topological polar surface area (TPSA) is 99.0 Å². The van der Waals surface area contributed by atoms with Gasteiger partial charge in [-0.05, 0) is 37.5 Å². The molecule has 1 amide bonds. The van der Waals surface area contributed by atoms with Crippen molar-refractivity contribution in [3.05, 3.63) is 52.3 Å². The average Bonchev–Trinajstić information content (AvgIpc) is 3.26. The van der Waals surface area contributed by atoms with Crippen LogP contribution >= 0.6 is 11.3 Å². The average molecular weight is 444 g/mol. The number of amides is 1. The molecular formula is C22H25N3O5S. The summed E-state index contributed by atoms with van der Waals surface area (Å²) < 4.78 is 12.3. The molecule has 0 aliphatic heterocycles. The first kappa shape index (κ1) is 22.5. The number of carbonyl (C=O) groups is 3. The van der Waals surface area contributed by atoms with Crippen LogP contribution in [0.5, 0.6) is 0 Å². The summed E-state index contributed by atoms with van der Waals surface area (Å²) in [6.07, 6.45) is 3.64.